The lowest BCUT2D eigenvalue weighted by molar-refractivity contribution is -0.139. The molecule has 0 fully saturated rings. The van der Waals surface area contributed by atoms with E-state index in [9.17, 15) is 22.4 Å². The van der Waals surface area contributed by atoms with E-state index in [1.165, 1.54) is 51.2 Å². The first-order valence-corrected chi connectivity index (χ1v) is 11.9. The summed E-state index contributed by atoms with van der Waals surface area (Å²) in [6.07, 6.45) is 0. The molecular weight excluding hydrogens is 494 g/mol. The van der Waals surface area contributed by atoms with Crippen molar-refractivity contribution >= 4 is 50.9 Å². The van der Waals surface area contributed by atoms with Gasteiger partial charge in [0.15, 0.2) is 0 Å². The summed E-state index contributed by atoms with van der Waals surface area (Å²) in [6, 6.07) is 8.48. The van der Waals surface area contributed by atoms with Crippen LogP contribution in [-0.2, 0) is 26.3 Å². The van der Waals surface area contributed by atoms with Gasteiger partial charge in [-0.25, -0.2) is 8.70 Å². The van der Waals surface area contributed by atoms with E-state index in [1.807, 2.05) is 0 Å². The predicted molar refractivity (Wildman–Crippen MR) is 127 cm³/mol. The van der Waals surface area contributed by atoms with Gasteiger partial charge in [0.1, 0.15) is 18.4 Å². The van der Waals surface area contributed by atoms with E-state index in [-0.39, 0.29) is 12.2 Å². The Kier molecular flexibility index (Phi) is 9.07. The van der Waals surface area contributed by atoms with Crippen molar-refractivity contribution in [2.75, 3.05) is 32.0 Å². The third kappa shape index (κ3) is 6.57. The maximum atomic E-state index is 13.4. The molecule has 1 N–H and O–H groups in total. The number of hydrogen-bond acceptors (Lipinski definition) is 4. The van der Waals surface area contributed by atoms with Crippen molar-refractivity contribution in [1.29, 1.82) is 0 Å². The van der Waals surface area contributed by atoms with Crippen LogP contribution in [0, 0.1) is 5.82 Å². The molecule has 33 heavy (non-hydrogen) atoms. The number of anilines is 1. The van der Waals surface area contributed by atoms with Crippen LogP contribution in [0.1, 0.15) is 12.5 Å². The van der Waals surface area contributed by atoms with E-state index >= 15 is 0 Å². The van der Waals surface area contributed by atoms with Crippen molar-refractivity contribution in [3.8, 4) is 0 Å². The van der Waals surface area contributed by atoms with Gasteiger partial charge in [0, 0.05) is 37.7 Å². The van der Waals surface area contributed by atoms with Crippen LogP contribution in [0.4, 0.5) is 10.1 Å². The van der Waals surface area contributed by atoms with E-state index in [2.05, 4.69) is 5.32 Å². The Morgan fingerprint density at radius 2 is 1.70 bits per heavy atom. The van der Waals surface area contributed by atoms with Crippen LogP contribution in [0.5, 0.6) is 0 Å². The van der Waals surface area contributed by atoms with Gasteiger partial charge in [-0.1, -0.05) is 29.3 Å². The average molecular weight is 519 g/mol. The lowest BCUT2D eigenvalue weighted by atomic mass is 10.1. The minimum absolute atomic E-state index is 0.0668. The molecule has 0 saturated heterocycles. The zero-order valence-electron chi connectivity index (χ0n) is 18.5. The lowest BCUT2D eigenvalue weighted by Gasteiger charge is -2.32. The summed E-state index contributed by atoms with van der Waals surface area (Å²) in [4.78, 5) is 26.9. The molecule has 0 aliphatic heterocycles. The molecule has 12 heteroatoms. The molecule has 0 aliphatic carbocycles. The van der Waals surface area contributed by atoms with Gasteiger partial charge < -0.3 is 10.2 Å². The Bertz CT molecular complexity index is 1110. The van der Waals surface area contributed by atoms with Gasteiger partial charge in [-0.05, 0) is 48.9 Å². The van der Waals surface area contributed by atoms with Gasteiger partial charge in [0.05, 0.1) is 5.69 Å². The van der Waals surface area contributed by atoms with Crippen molar-refractivity contribution < 1.29 is 22.4 Å². The summed E-state index contributed by atoms with van der Waals surface area (Å²) in [7, 11) is -0.0619. The number of benzene rings is 2. The van der Waals surface area contributed by atoms with E-state index in [0.717, 1.165) is 20.7 Å². The second-order valence-electron chi connectivity index (χ2n) is 7.32. The normalized spacial score (nSPS) is 12.4. The van der Waals surface area contributed by atoms with Crippen LogP contribution in [0.15, 0.2) is 42.5 Å². The number of hydrogen-bond donors (Lipinski definition) is 1. The second kappa shape index (κ2) is 11.1. The monoisotopic (exact) mass is 518 g/mol. The zero-order chi connectivity index (χ0) is 24.9. The number of nitrogens with one attached hydrogen (secondary N) is 1. The van der Waals surface area contributed by atoms with E-state index in [0.29, 0.717) is 15.6 Å². The first kappa shape index (κ1) is 26.8. The highest BCUT2D eigenvalue weighted by atomic mass is 35.5. The van der Waals surface area contributed by atoms with E-state index < -0.39 is 40.4 Å². The Hall–Kier alpha value is -2.40. The summed E-state index contributed by atoms with van der Waals surface area (Å²) in [5, 5.41) is 3.18. The molecule has 8 nitrogen and oxygen atoms in total. The van der Waals surface area contributed by atoms with Gasteiger partial charge in [-0.2, -0.15) is 12.7 Å². The van der Waals surface area contributed by atoms with Crippen LogP contribution in [0.2, 0.25) is 10.0 Å². The molecule has 2 rings (SSSR count). The van der Waals surface area contributed by atoms with Gasteiger partial charge in [-0.3, -0.25) is 9.59 Å². The molecule has 2 aromatic rings. The van der Waals surface area contributed by atoms with E-state index in [1.54, 1.807) is 12.1 Å². The summed E-state index contributed by atoms with van der Waals surface area (Å²) in [5.41, 5.74) is 0.615. The van der Waals surface area contributed by atoms with Crippen molar-refractivity contribution in [2.45, 2.75) is 19.5 Å². The molecule has 2 amide bonds. The summed E-state index contributed by atoms with van der Waals surface area (Å²) in [6.45, 7) is 0.824. The molecule has 2 aromatic carbocycles. The molecule has 0 radical (unpaired) electrons. The molecule has 0 spiro atoms. The van der Waals surface area contributed by atoms with Gasteiger partial charge >= 0.3 is 10.2 Å². The first-order valence-electron chi connectivity index (χ1n) is 9.79. The topological polar surface area (TPSA) is 90.0 Å². The minimum Gasteiger partial charge on any atom is -0.357 e. The predicted octanol–water partition coefficient (Wildman–Crippen LogP) is 2.91. The minimum atomic E-state index is -4.12. The third-order valence-electron chi connectivity index (χ3n) is 4.90. The molecule has 180 valence electrons. The summed E-state index contributed by atoms with van der Waals surface area (Å²) >= 11 is 12.2. The number of rotatable bonds is 9. The highest BCUT2D eigenvalue weighted by molar-refractivity contribution is 7.90. The molecular formula is C21H25Cl2FN4O4S. The number of likely N-dealkylation sites (N-methyl/N-ethyl adjacent to an activating group) is 1. The van der Waals surface area contributed by atoms with Crippen LogP contribution >= 0.6 is 23.2 Å². The van der Waals surface area contributed by atoms with Crippen LogP contribution in [0.25, 0.3) is 0 Å². The number of carbonyl (C=O) groups is 2. The highest BCUT2D eigenvalue weighted by Crippen LogP contribution is 2.25. The molecule has 1 atom stereocenters. The Balaban J connectivity index is 2.47. The quantitative estimate of drug-likeness (QED) is 0.552. The molecule has 0 saturated carbocycles. The number of amides is 2. The van der Waals surface area contributed by atoms with Gasteiger partial charge in [-0.15, -0.1) is 0 Å². The van der Waals surface area contributed by atoms with Crippen LogP contribution < -0.4 is 9.62 Å². The Morgan fingerprint density at radius 1 is 1.09 bits per heavy atom. The Morgan fingerprint density at radius 3 is 2.21 bits per heavy atom. The maximum absolute atomic E-state index is 13.4. The molecule has 0 aliphatic rings. The second-order valence-corrected chi connectivity index (χ2v) is 10.2. The number of carbonyl (C=O) groups excluding carboxylic acids is 2. The van der Waals surface area contributed by atoms with Crippen molar-refractivity contribution in [1.82, 2.24) is 14.5 Å². The first-order chi connectivity index (χ1) is 15.4. The number of halogens is 3. The van der Waals surface area contributed by atoms with Crippen molar-refractivity contribution in [2.24, 2.45) is 0 Å². The molecule has 0 bridgehead atoms. The molecule has 0 heterocycles. The molecule has 0 aromatic heterocycles. The standard InChI is InChI=1S/C21H25Cl2FN4O4S/c1-14(21(30)25-2)27(12-15-5-6-16(22)11-19(15)23)20(29)13-28(33(31,32)26(3)4)18-9-7-17(24)8-10-18/h5-11,14H,12-13H2,1-4H3,(H,25,30). The lowest BCUT2D eigenvalue weighted by Crippen LogP contribution is -2.52. The number of nitrogens with zero attached hydrogens (tertiary/aromatic N) is 3. The summed E-state index contributed by atoms with van der Waals surface area (Å²) < 4.78 is 41.1. The fraction of sp³-hybridized carbons (Fsp3) is 0.333. The Labute approximate surface area is 203 Å². The SMILES string of the molecule is CNC(=O)C(C)N(Cc1ccc(Cl)cc1Cl)C(=O)CN(c1ccc(F)cc1)S(=O)(=O)N(C)C. The average Bonchev–Trinajstić information content (AvgIpc) is 2.76. The zero-order valence-corrected chi connectivity index (χ0v) is 20.9. The van der Waals surface area contributed by atoms with Gasteiger partial charge in [0.25, 0.3) is 0 Å². The van der Waals surface area contributed by atoms with Crippen LogP contribution in [0.3, 0.4) is 0 Å². The highest BCUT2D eigenvalue weighted by Gasteiger charge is 2.32. The summed E-state index contributed by atoms with van der Waals surface area (Å²) in [5.74, 6) is -1.66. The van der Waals surface area contributed by atoms with Gasteiger partial charge in [0.2, 0.25) is 11.8 Å². The van der Waals surface area contributed by atoms with E-state index in [4.69, 9.17) is 23.2 Å². The maximum Gasteiger partial charge on any atom is 0.304 e. The van der Waals surface area contributed by atoms with Crippen molar-refractivity contribution in [3.05, 3.63) is 63.9 Å². The third-order valence-corrected chi connectivity index (χ3v) is 7.31. The van der Waals surface area contributed by atoms with Crippen LogP contribution in [-0.4, -0.2) is 63.2 Å². The fourth-order valence-electron chi connectivity index (χ4n) is 2.95. The fourth-order valence-corrected chi connectivity index (χ4v) is 4.47. The smallest absolute Gasteiger partial charge is 0.304 e. The largest absolute Gasteiger partial charge is 0.357 e. The molecule has 1 unspecified atom stereocenters. The van der Waals surface area contributed by atoms with Crippen molar-refractivity contribution in [3.63, 3.8) is 0 Å².